The van der Waals surface area contributed by atoms with Crippen molar-refractivity contribution in [1.29, 1.82) is 0 Å². The number of rotatable bonds is 5. The molecule has 0 bridgehead atoms. The van der Waals surface area contributed by atoms with Crippen molar-refractivity contribution in [2.45, 2.75) is 65.3 Å². The van der Waals surface area contributed by atoms with Crippen molar-refractivity contribution in [3.8, 4) is 5.75 Å². The van der Waals surface area contributed by atoms with E-state index in [9.17, 15) is 9.90 Å². The second-order valence-corrected chi connectivity index (χ2v) is 6.99. The molecule has 5 nitrogen and oxygen atoms in total. The van der Waals surface area contributed by atoms with Gasteiger partial charge in [-0.3, -0.25) is 0 Å². The zero-order valence-corrected chi connectivity index (χ0v) is 14.7. The summed E-state index contributed by atoms with van der Waals surface area (Å²) >= 11 is 0. The highest BCUT2D eigenvalue weighted by Crippen LogP contribution is 2.36. The van der Waals surface area contributed by atoms with E-state index in [1.165, 1.54) is 0 Å². The first kappa shape index (κ1) is 17.8. The van der Waals surface area contributed by atoms with E-state index in [-0.39, 0.29) is 11.7 Å². The van der Waals surface area contributed by atoms with E-state index < -0.39 is 24.3 Å². The molecule has 1 aromatic carbocycles. The van der Waals surface area contributed by atoms with Crippen molar-refractivity contribution in [1.82, 2.24) is 0 Å². The fourth-order valence-corrected chi connectivity index (χ4v) is 2.24. The molecule has 126 valence electrons. The Morgan fingerprint density at radius 2 is 1.83 bits per heavy atom. The number of carbonyl (C=O) groups is 1. The van der Waals surface area contributed by atoms with Crippen LogP contribution in [-0.2, 0) is 9.31 Å². The molecule has 1 atom stereocenters. The van der Waals surface area contributed by atoms with E-state index in [0.717, 1.165) is 11.9 Å². The molecule has 2 rings (SSSR count). The molecular weight excluding hydrogens is 295 g/mol. The van der Waals surface area contributed by atoms with Crippen LogP contribution in [0.25, 0.3) is 0 Å². The van der Waals surface area contributed by atoms with Gasteiger partial charge in [0.25, 0.3) is 0 Å². The molecule has 1 aliphatic heterocycles. The molecule has 0 radical (unpaired) electrons. The Balaban J connectivity index is 2.34. The maximum Gasteiger partial charge on any atom is 0.494 e. The number of hydrogen-bond donors (Lipinski definition) is 1. The zero-order valence-electron chi connectivity index (χ0n) is 14.7. The molecule has 23 heavy (non-hydrogen) atoms. The van der Waals surface area contributed by atoms with Crippen molar-refractivity contribution in [2.75, 3.05) is 0 Å². The highest BCUT2D eigenvalue weighted by atomic mass is 16.7. The molecule has 0 aromatic heterocycles. The molecule has 1 unspecified atom stereocenters. The molecule has 1 fully saturated rings. The second-order valence-electron chi connectivity index (χ2n) is 6.99. The van der Waals surface area contributed by atoms with Gasteiger partial charge in [0, 0.05) is 0 Å². The third-order valence-electron chi connectivity index (χ3n) is 4.66. The Hall–Kier alpha value is -1.53. The molecule has 1 heterocycles. The van der Waals surface area contributed by atoms with Gasteiger partial charge in [-0.1, -0.05) is 13.0 Å². The Bertz CT molecular complexity index is 581. The van der Waals surface area contributed by atoms with Crippen LogP contribution in [0.2, 0.25) is 0 Å². The van der Waals surface area contributed by atoms with Crippen LogP contribution in [0.3, 0.4) is 0 Å². The smallest absolute Gasteiger partial charge is 0.490 e. The van der Waals surface area contributed by atoms with Gasteiger partial charge in [-0.05, 0) is 58.6 Å². The highest BCUT2D eigenvalue weighted by molar-refractivity contribution is 6.62. The first-order valence-corrected chi connectivity index (χ1v) is 7.97. The second kappa shape index (κ2) is 6.17. The Labute approximate surface area is 138 Å². The summed E-state index contributed by atoms with van der Waals surface area (Å²) in [6, 6.07) is 4.97. The first-order chi connectivity index (χ1) is 10.6. The number of hydrogen-bond acceptors (Lipinski definition) is 4. The summed E-state index contributed by atoms with van der Waals surface area (Å²) in [6.45, 7) is 11.8. The maximum atomic E-state index is 11.4. The zero-order chi connectivity index (χ0) is 17.4. The minimum atomic E-state index is -1.01. The molecule has 1 N–H and O–H groups in total. The van der Waals surface area contributed by atoms with Gasteiger partial charge in [0.2, 0.25) is 0 Å². The lowest BCUT2D eigenvalue weighted by atomic mass is 9.78. The summed E-state index contributed by atoms with van der Waals surface area (Å²) in [5, 5.41) is 9.33. The van der Waals surface area contributed by atoms with E-state index in [1.54, 1.807) is 18.2 Å². The summed E-state index contributed by atoms with van der Waals surface area (Å²) in [5.74, 6) is -0.664. The molecule has 1 aromatic rings. The Morgan fingerprint density at radius 1 is 1.26 bits per heavy atom. The molecule has 1 saturated heterocycles. The van der Waals surface area contributed by atoms with Gasteiger partial charge in [0.1, 0.15) is 11.3 Å². The van der Waals surface area contributed by atoms with Gasteiger partial charge >= 0.3 is 13.1 Å². The van der Waals surface area contributed by atoms with E-state index in [2.05, 4.69) is 0 Å². The van der Waals surface area contributed by atoms with Gasteiger partial charge in [-0.25, -0.2) is 4.79 Å². The molecule has 6 heteroatoms. The Morgan fingerprint density at radius 3 is 2.30 bits per heavy atom. The monoisotopic (exact) mass is 320 g/mol. The number of ether oxygens (including phenoxy) is 1. The predicted molar refractivity (Wildman–Crippen MR) is 89.5 cm³/mol. The van der Waals surface area contributed by atoms with Crippen molar-refractivity contribution < 1.29 is 23.9 Å². The minimum Gasteiger partial charge on any atom is -0.490 e. The molecule has 0 aliphatic carbocycles. The lowest BCUT2D eigenvalue weighted by Crippen LogP contribution is -2.41. The fraction of sp³-hybridized carbons (Fsp3) is 0.588. The van der Waals surface area contributed by atoms with Crippen molar-refractivity contribution in [3.63, 3.8) is 0 Å². The summed E-state index contributed by atoms with van der Waals surface area (Å²) in [5.41, 5.74) is 0.0133. The summed E-state index contributed by atoms with van der Waals surface area (Å²) < 4.78 is 17.8. The van der Waals surface area contributed by atoms with Gasteiger partial charge < -0.3 is 19.2 Å². The topological polar surface area (TPSA) is 65.0 Å². The fourth-order valence-electron chi connectivity index (χ4n) is 2.24. The van der Waals surface area contributed by atoms with Gasteiger partial charge in [0.15, 0.2) is 0 Å². The van der Waals surface area contributed by atoms with Crippen LogP contribution in [0, 0.1) is 0 Å². The number of carboxylic acid groups (broad SMARTS) is 1. The highest BCUT2D eigenvalue weighted by Gasteiger charge is 2.51. The molecule has 0 amide bonds. The lowest BCUT2D eigenvalue weighted by molar-refractivity contribution is 0.00578. The maximum absolute atomic E-state index is 11.4. The van der Waals surface area contributed by atoms with Crippen molar-refractivity contribution in [2.24, 2.45) is 0 Å². The SMILES string of the molecule is CCC(C)Oc1cc(B2OC(C)(C)C(C)(C)O2)ccc1C(=O)O. The van der Waals surface area contributed by atoms with E-state index in [4.69, 9.17) is 14.0 Å². The molecular formula is C17H25BO5. The average Bonchev–Trinajstić information content (AvgIpc) is 2.67. The average molecular weight is 320 g/mol. The van der Waals surface area contributed by atoms with Crippen LogP contribution >= 0.6 is 0 Å². The largest absolute Gasteiger partial charge is 0.494 e. The van der Waals surface area contributed by atoms with E-state index >= 15 is 0 Å². The summed E-state index contributed by atoms with van der Waals surface area (Å²) in [7, 11) is -0.540. The van der Waals surface area contributed by atoms with Crippen molar-refractivity contribution in [3.05, 3.63) is 23.8 Å². The van der Waals surface area contributed by atoms with Crippen LogP contribution in [0.4, 0.5) is 0 Å². The van der Waals surface area contributed by atoms with E-state index in [1.807, 2.05) is 41.5 Å². The lowest BCUT2D eigenvalue weighted by Gasteiger charge is -2.32. The quantitative estimate of drug-likeness (QED) is 0.845. The van der Waals surface area contributed by atoms with Crippen LogP contribution in [0.5, 0.6) is 5.75 Å². The normalized spacial score (nSPS) is 20.3. The predicted octanol–water partition coefficient (Wildman–Crippen LogP) is 2.86. The molecule has 0 spiro atoms. The van der Waals surface area contributed by atoms with Gasteiger partial charge in [0.05, 0.1) is 17.3 Å². The van der Waals surface area contributed by atoms with Crippen molar-refractivity contribution >= 4 is 18.6 Å². The van der Waals surface area contributed by atoms with E-state index in [0.29, 0.717) is 5.75 Å². The van der Waals surface area contributed by atoms with Gasteiger partial charge in [-0.15, -0.1) is 0 Å². The molecule has 0 saturated carbocycles. The van der Waals surface area contributed by atoms with Crippen LogP contribution in [-0.4, -0.2) is 35.5 Å². The molecule has 1 aliphatic rings. The minimum absolute atomic E-state index is 0.0679. The standard InChI is InChI=1S/C17H25BO5/c1-7-11(2)21-14-10-12(8-9-13(14)15(19)20)18-22-16(3,4)17(5,6)23-18/h8-11H,7H2,1-6H3,(H,19,20). The van der Waals surface area contributed by atoms with Crippen LogP contribution < -0.4 is 10.2 Å². The van der Waals surface area contributed by atoms with Crippen LogP contribution in [0.1, 0.15) is 58.3 Å². The third kappa shape index (κ3) is 3.53. The summed E-state index contributed by atoms with van der Waals surface area (Å²) in [6.07, 6.45) is 0.724. The van der Waals surface area contributed by atoms with Crippen LogP contribution in [0.15, 0.2) is 18.2 Å². The third-order valence-corrected chi connectivity index (χ3v) is 4.66. The number of carboxylic acids is 1. The number of benzene rings is 1. The summed E-state index contributed by atoms with van der Waals surface area (Å²) in [4.78, 5) is 11.4. The first-order valence-electron chi connectivity index (χ1n) is 7.97. The number of aromatic carboxylic acids is 1. The van der Waals surface area contributed by atoms with Gasteiger partial charge in [-0.2, -0.15) is 0 Å². The Kier molecular flexibility index (Phi) is 4.78.